The van der Waals surface area contributed by atoms with Crippen molar-refractivity contribution in [1.82, 2.24) is 0 Å². The van der Waals surface area contributed by atoms with E-state index in [0.29, 0.717) is 6.42 Å². The van der Waals surface area contributed by atoms with Crippen molar-refractivity contribution in [2.75, 3.05) is 0 Å². The summed E-state index contributed by atoms with van der Waals surface area (Å²) < 4.78 is 0. The van der Waals surface area contributed by atoms with Gasteiger partial charge in [0, 0.05) is 11.8 Å². The van der Waals surface area contributed by atoms with Gasteiger partial charge < -0.3 is 19.8 Å². The molecule has 0 aromatic rings. The van der Waals surface area contributed by atoms with Gasteiger partial charge in [0.1, 0.15) is 12.6 Å². The second-order valence-corrected chi connectivity index (χ2v) is 8.85. The summed E-state index contributed by atoms with van der Waals surface area (Å²) in [6.45, 7) is 8.51. The van der Waals surface area contributed by atoms with E-state index in [-0.39, 0.29) is 35.5 Å². The minimum absolute atomic E-state index is 0.0297. The first kappa shape index (κ1) is 17.8. The summed E-state index contributed by atoms with van der Waals surface area (Å²) in [6.07, 6.45) is 4.87. The van der Waals surface area contributed by atoms with Crippen LogP contribution in [0.5, 0.6) is 0 Å². The fourth-order valence-electron chi connectivity index (χ4n) is 6.12. The van der Waals surface area contributed by atoms with Crippen molar-refractivity contribution < 1.29 is 19.8 Å². The van der Waals surface area contributed by atoms with Crippen molar-refractivity contribution in [3.8, 4) is 0 Å². The number of aliphatic hydroxyl groups is 2. The predicted octanol–water partition coefficient (Wildman–Crippen LogP) is 2.52. The first-order valence-electron chi connectivity index (χ1n) is 9.23. The molecule has 0 aliphatic heterocycles. The van der Waals surface area contributed by atoms with Crippen LogP contribution in [0.2, 0.25) is 0 Å². The number of hydrogen-bond donors (Lipinski definition) is 2. The van der Waals surface area contributed by atoms with Crippen LogP contribution in [0.1, 0.15) is 52.4 Å². The Hall–Kier alpha value is -1.00. The summed E-state index contributed by atoms with van der Waals surface area (Å²) in [5.41, 5.74) is 0.855. The monoisotopic (exact) mass is 334 g/mol. The number of carbonyl (C=O) groups is 2. The molecule has 0 bridgehead atoms. The number of carbonyl (C=O) groups excluding carboxylic acids is 2. The van der Waals surface area contributed by atoms with Crippen LogP contribution in [0, 0.1) is 34.5 Å². The highest BCUT2D eigenvalue weighted by atomic mass is 16.3. The Bertz CT molecular complexity index is 544. The second-order valence-electron chi connectivity index (χ2n) is 8.85. The molecule has 0 aromatic carbocycles. The van der Waals surface area contributed by atoms with Crippen LogP contribution in [0.3, 0.4) is 0 Å². The molecule has 4 nitrogen and oxygen atoms in total. The van der Waals surface area contributed by atoms with Gasteiger partial charge in [-0.25, -0.2) is 0 Å². The topological polar surface area (TPSA) is 74.6 Å². The Morgan fingerprint density at radius 2 is 1.79 bits per heavy atom. The van der Waals surface area contributed by atoms with Gasteiger partial charge >= 0.3 is 0 Å². The van der Waals surface area contributed by atoms with E-state index in [2.05, 4.69) is 13.5 Å². The fraction of sp³-hybridized carbons (Fsp3) is 0.800. The quantitative estimate of drug-likeness (QED) is 0.614. The third-order valence-electron chi connectivity index (χ3n) is 7.89. The molecule has 3 aliphatic carbocycles. The van der Waals surface area contributed by atoms with Crippen molar-refractivity contribution in [3.63, 3.8) is 0 Å². The molecule has 0 amide bonds. The van der Waals surface area contributed by atoms with E-state index in [4.69, 9.17) is 0 Å². The largest absolute Gasteiger partial charge is 0.390 e. The van der Waals surface area contributed by atoms with Crippen LogP contribution in [-0.2, 0) is 9.59 Å². The van der Waals surface area contributed by atoms with Gasteiger partial charge in [-0.1, -0.05) is 26.0 Å². The Morgan fingerprint density at radius 1 is 1.08 bits per heavy atom. The van der Waals surface area contributed by atoms with Gasteiger partial charge in [-0.3, -0.25) is 0 Å². The second kappa shape index (κ2) is 6.06. The molecule has 3 rings (SSSR count). The van der Waals surface area contributed by atoms with Crippen molar-refractivity contribution in [2.24, 2.45) is 34.5 Å². The lowest BCUT2D eigenvalue weighted by molar-refractivity contribution is -0.148. The molecule has 0 heterocycles. The summed E-state index contributed by atoms with van der Waals surface area (Å²) in [6, 6.07) is 0. The number of hydrogen-bond acceptors (Lipinski definition) is 4. The van der Waals surface area contributed by atoms with Gasteiger partial charge in [-0.05, 0) is 61.2 Å². The van der Waals surface area contributed by atoms with Crippen molar-refractivity contribution in [1.29, 1.82) is 0 Å². The third-order valence-corrected chi connectivity index (χ3v) is 7.89. The highest BCUT2D eigenvalue weighted by molar-refractivity contribution is 5.59. The molecule has 24 heavy (non-hydrogen) atoms. The van der Waals surface area contributed by atoms with Gasteiger partial charge in [-0.2, -0.15) is 0 Å². The van der Waals surface area contributed by atoms with Gasteiger partial charge in [-0.15, -0.1) is 0 Å². The fourth-order valence-corrected chi connectivity index (χ4v) is 6.12. The first-order valence-corrected chi connectivity index (χ1v) is 9.23. The summed E-state index contributed by atoms with van der Waals surface area (Å²) in [4.78, 5) is 23.8. The number of aldehydes is 2. The van der Waals surface area contributed by atoms with E-state index in [1.54, 1.807) is 0 Å². The lowest BCUT2D eigenvalue weighted by atomic mass is 9.49. The molecule has 3 saturated carbocycles. The maximum atomic E-state index is 12.1. The van der Waals surface area contributed by atoms with Gasteiger partial charge in [0.05, 0.1) is 12.2 Å². The molecule has 0 spiro atoms. The summed E-state index contributed by atoms with van der Waals surface area (Å²) >= 11 is 0. The Labute approximate surface area is 144 Å². The molecular formula is C20H30O4. The summed E-state index contributed by atoms with van der Waals surface area (Å²) in [5, 5.41) is 20.2. The molecule has 3 fully saturated rings. The molecule has 0 aromatic heterocycles. The predicted molar refractivity (Wildman–Crippen MR) is 91.2 cm³/mol. The number of fused-ring (bicyclic) bond motifs is 1. The van der Waals surface area contributed by atoms with E-state index in [9.17, 15) is 19.8 Å². The number of allylic oxidation sites excluding steroid dienone is 1. The number of aliphatic hydroxyl groups excluding tert-OH is 2. The normalized spacial score (nSPS) is 51.9. The Balaban J connectivity index is 1.94. The Kier molecular flexibility index (Phi) is 4.50. The lowest BCUT2D eigenvalue weighted by Gasteiger charge is -2.55. The number of rotatable bonds is 3. The van der Waals surface area contributed by atoms with Crippen LogP contribution < -0.4 is 0 Å². The zero-order valence-corrected chi connectivity index (χ0v) is 14.8. The molecular weight excluding hydrogens is 304 g/mol. The lowest BCUT2D eigenvalue weighted by Crippen LogP contribution is -2.54. The highest BCUT2D eigenvalue weighted by Crippen LogP contribution is 2.62. The third kappa shape index (κ3) is 2.41. The van der Waals surface area contributed by atoms with Crippen LogP contribution in [0.4, 0.5) is 0 Å². The SMILES string of the molecule is C=C1CCC2[C@H](C=O)C([C@@]3(C)C[C@@H](O)[C@@H](O)C[C@@H]3C=O)CC[C@]12C. The van der Waals surface area contributed by atoms with Gasteiger partial charge in [0.15, 0.2) is 0 Å². The summed E-state index contributed by atoms with van der Waals surface area (Å²) in [5.74, 6) is -0.0408. The van der Waals surface area contributed by atoms with Crippen LogP contribution in [0.15, 0.2) is 12.2 Å². The van der Waals surface area contributed by atoms with Gasteiger partial charge in [0.25, 0.3) is 0 Å². The molecule has 8 atom stereocenters. The average Bonchev–Trinajstić information content (AvgIpc) is 2.85. The summed E-state index contributed by atoms with van der Waals surface area (Å²) in [7, 11) is 0. The molecule has 2 N–H and O–H groups in total. The van der Waals surface area contributed by atoms with E-state index in [0.717, 1.165) is 38.3 Å². The molecule has 2 unspecified atom stereocenters. The zero-order valence-electron chi connectivity index (χ0n) is 14.8. The minimum Gasteiger partial charge on any atom is -0.390 e. The highest BCUT2D eigenvalue weighted by Gasteiger charge is 2.57. The Morgan fingerprint density at radius 3 is 2.42 bits per heavy atom. The van der Waals surface area contributed by atoms with Crippen LogP contribution in [-0.4, -0.2) is 35.0 Å². The molecule has 134 valence electrons. The van der Waals surface area contributed by atoms with Gasteiger partial charge in [0.2, 0.25) is 0 Å². The molecule has 0 radical (unpaired) electrons. The average molecular weight is 334 g/mol. The van der Waals surface area contributed by atoms with E-state index in [1.807, 2.05) is 6.92 Å². The van der Waals surface area contributed by atoms with E-state index in [1.165, 1.54) is 5.57 Å². The van der Waals surface area contributed by atoms with E-state index < -0.39 is 17.6 Å². The first-order chi connectivity index (χ1) is 11.3. The standard InChI is InChI=1S/C20H30O4/c1-12-4-5-15-14(11-22)16(6-7-19(12,15)2)20(3)9-18(24)17(23)8-13(20)10-21/h10-11,13-18,23-24H,1,4-9H2,2-3H3/t13-,14+,15?,16?,17+,18-,19-,20+/m1/s1. The molecule has 0 saturated heterocycles. The van der Waals surface area contributed by atoms with Crippen molar-refractivity contribution in [3.05, 3.63) is 12.2 Å². The van der Waals surface area contributed by atoms with Crippen LogP contribution >= 0.6 is 0 Å². The van der Waals surface area contributed by atoms with E-state index >= 15 is 0 Å². The molecule has 3 aliphatic rings. The van der Waals surface area contributed by atoms with Crippen molar-refractivity contribution in [2.45, 2.75) is 64.6 Å². The maximum Gasteiger partial charge on any atom is 0.123 e. The van der Waals surface area contributed by atoms with Crippen molar-refractivity contribution >= 4 is 12.6 Å². The molecule has 4 heteroatoms. The van der Waals surface area contributed by atoms with Crippen LogP contribution in [0.25, 0.3) is 0 Å². The smallest absolute Gasteiger partial charge is 0.123 e. The zero-order chi connectivity index (χ0) is 17.7. The minimum atomic E-state index is -0.844. The maximum absolute atomic E-state index is 12.1.